The number of fused-ring (bicyclic) bond motifs is 1. The van der Waals surface area contributed by atoms with E-state index in [1.807, 2.05) is 0 Å². The Morgan fingerprint density at radius 1 is 1.33 bits per heavy atom. The lowest BCUT2D eigenvalue weighted by Gasteiger charge is -2.11. The summed E-state index contributed by atoms with van der Waals surface area (Å²) in [5, 5.41) is 0. The quantitative estimate of drug-likeness (QED) is 0.612. The number of hydrogen-bond acceptors (Lipinski definition) is 4. The fraction of sp³-hybridized carbons (Fsp3) is 0.364. The Balaban J connectivity index is 2.08. The fourth-order valence-corrected chi connectivity index (χ4v) is 2.66. The van der Waals surface area contributed by atoms with Crippen LogP contribution in [0.15, 0.2) is 18.2 Å². The highest BCUT2D eigenvalue weighted by Gasteiger charge is 2.22. The highest BCUT2D eigenvalue weighted by molar-refractivity contribution is 7.51. The predicted octanol–water partition coefficient (Wildman–Crippen LogP) is 0.951. The first-order valence-corrected chi connectivity index (χ1v) is 7.16. The van der Waals surface area contributed by atoms with E-state index < -0.39 is 19.7 Å². The van der Waals surface area contributed by atoms with Crippen molar-refractivity contribution in [1.29, 1.82) is 0 Å². The van der Waals surface area contributed by atoms with Gasteiger partial charge in [-0.25, -0.2) is 0 Å². The van der Waals surface area contributed by atoms with Crippen molar-refractivity contribution >= 4 is 13.9 Å². The van der Waals surface area contributed by atoms with Crippen LogP contribution in [0.2, 0.25) is 0 Å². The van der Waals surface area contributed by atoms with Crippen molar-refractivity contribution in [3.8, 4) is 11.5 Å². The van der Waals surface area contributed by atoms with E-state index in [9.17, 15) is 9.36 Å². The molecule has 1 atom stereocenters. The van der Waals surface area contributed by atoms with Crippen LogP contribution in [0.1, 0.15) is 5.56 Å². The Morgan fingerprint density at radius 3 is 2.72 bits per heavy atom. The molecule has 1 heterocycles. The van der Waals surface area contributed by atoms with E-state index >= 15 is 0 Å². The Morgan fingerprint density at radius 2 is 2.06 bits per heavy atom. The molecular weight excluding hydrogens is 259 g/mol. The number of hydrogen-bond donors (Lipinski definition) is 2. The lowest BCUT2D eigenvalue weighted by Crippen LogP contribution is -2.11. The first-order valence-electron chi connectivity index (χ1n) is 5.36. The monoisotopic (exact) mass is 272 g/mol. The summed E-state index contributed by atoms with van der Waals surface area (Å²) in [5.74, 6) is 0.524. The van der Waals surface area contributed by atoms with Crippen LogP contribution >= 0.6 is 7.60 Å². The van der Waals surface area contributed by atoms with Gasteiger partial charge in [0.2, 0.25) is 6.79 Å². The SMILES string of the molecule is O=CC(Cc1ccc2c(c1)OCO2)CP(=O)(O)O. The summed E-state index contributed by atoms with van der Waals surface area (Å²) in [7, 11) is -4.18. The lowest BCUT2D eigenvalue weighted by atomic mass is 10.0. The maximum atomic E-state index is 10.9. The van der Waals surface area contributed by atoms with Gasteiger partial charge < -0.3 is 24.1 Å². The normalized spacial score (nSPS) is 15.4. The summed E-state index contributed by atoms with van der Waals surface area (Å²) in [4.78, 5) is 28.5. The molecule has 0 aromatic heterocycles. The molecule has 7 heteroatoms. The highest BCUT2D eigenvalue weighted by Crippen LogP contribution is 2.38. The fourth-order valence-electron chi connectivity index (χ4n) is 1.83. The third-order valence-corrected chi connectivity index (χ3v) is 3.54. The van der Waals surface area contributed by atoms with E-state index in [1.165, 1.54) is 0 Å². The zero-order valence-corrected chi connectivity index (χ0v) is 10.4. The van der Waals surface area contributed by atoms with Crippen molar-refractivity contribution in [2.45, 2.75) is 6.42 Å². The molecule has 0 spiro atoms. The second-order valence-electron chi connectivity index (χ2n) is 4.14. The third-order valence-electron chi connectivity index (χ3n) is 2.60. The van der Waals surface area contributed by atoms with Gasteiger partial charge in [0.05, 0.1) is 6.16 Å². The molecule has 2 rings (SSSR count). The molecule has 2 N–H and O–H groups in total. The molecule has 0 amide bonds. The van der Waals surface area contributed by atoms with Crippen LogP contribution in [0.5, 0.6) is 11.5 Å². The number of benzene rings is 1. The molecule has 1 unspecified atom stereocenters. The Bertz CT molecular complexity index is 494. The average molecular weight is 272 g/mol. The molecule has 18 heavy (non-hydrogen) atoms. The first-order chi connectivity index (χ1) is 8.48. The highest BCUT2D eigenvalue weighted by atomic mass is 31.2. The first kappa shape index (κ1) is 13.1. The Kier molecular flexibility index (Phi) is 3.71. The summed E-state index contributed by atoms with van der Waals surface area (Å²) >= 11 is 0. The van der Waals surface area contributed by atoms with Gasteiger partial charge in [-0.15, -0.1) is 0 Å². The molecule has 98 valence electrons. The van der Waals surface area contributed by atoms with E-state index in [0.717, 1.165) is 5.56 Å². The predicted molar refractivity (Wildman–Crippen MR) is 62.7 cm³/mol. The number of aldehydes is 1. The van der Waals surface area contributed by atoms with Gasteiger partial charge in [-0.05, 0) is 24.1 Å². The largest absolute Gasteiger partial charge is 0.454 e. The van der Waals surface area contributed by atoms with Crippen molar-refractivity contribution in [3.05, 3.63) is 23.8 Å². The van der Waals surface area contributed by atoms with Gasteiger partial charge in [0, 0.05) is 5.92 Å². The van der Waals surface area contributed by atoms with Crippen molar-refractivity contribution in [1.82, 2.24) is 0 Å². The van der Waals surface area contributed by atoms with E-state index in [4.69, 9.17) is 19.3 Å². The molecule has 1 aliphatic heterocycles. The number of carbonyl (C=O) groups is 1. The van der Waals surface area contributed by atoms with Gasteiger partial charge in [-0.1, -0.05) is 6.07 Å². The van der Waals surface area contributed by atoms with Crippen LogP contribution in [0.25, 0.3) is 0 Å². The minimum atomic E-state index is -4.18. The Labute approximate surface area is 104 Å². The molecule has 0 radical (unpaired) electrons. The molecular formula is C11H13O6P. The molecule has 0 saturated carbocycles. The summed E-state index contributed by atoms with van der Waals surface area (Å²) in [6.07, 6.45) is 0.403. The topological polar surface area (TPSA) is 93.1 Å². The van der Waals surface area contributed by atoms with Crippen molar-refractivity contribution < 1.29 is 28.6 Å². The van der Waals surface area contributed by atoms with Gasteiger partial charge >= 0.3 is 7.60 Å². The van der Waals surface area contributed by atoms with Crippen LogP contribution in [-0.4, -0.2) is 29.0 Å². The zero-order chi connectivity index (χ0) is 13.2. The van der Waals surface area contributed by atoms with Crippen LogP contribution < -0.4 is 9.47 Å². The number of ether oxygens (including phenoxy) is 2. The molecule has 0 aliphatic carbocycles. The number of rotatable bonds is 5. The van der Waals surface area contributed by atoms with Gasteiger partial charge in [0.1, 0.15) is 6.29 Å². The maximum absolute atomic E-state index is 10.9. The minimum absolute atomic E-state index is 0.165. The maximum Gasteiger partial charge on any atom is 0.326 e. The molecule has 1 aromatic carbocycles. The summed E-state index contributed by atoms with van der Waals surface area (Å²) < 4.78 is 21.2. The van der Waals surface area contributed by atoms with Crippen molar-refractivity contribution in [3.63, 3.8) is 0 Å². The third kappa shape index (κ3) is 3.32. The van der Waals surface area contributed by atoms with E-state index in [0.29, 0.717) is 17.8 Å². The summed E-state index contributed by atoms with van der Waals surface area (Å²) in [6, 6.07) is 5.19. The van der Waals surface area contributed by atoms with Gasteiger partial charge in [0.25, 0.3) is 0 Å². The van der Waals surface area contributed by atoms with E-state index in [1.54, 1.807) is 18.2 Å². The van der Waals surface area contributed by atoms with Crippen LogP contribution in [-0.2, 0) is 15.8 Å². The zero-order valence-electron chi connectivity index (χ0n) is 9.48. The molecule has 1 aromatic rings. The second kappa shape index (κ2) is 5.10. The van der Waals surface area contributed by atoms with Gasteiger partial charge in [0.15, 0.2) is 11.5 Å². The van der Waals surface area contributed by atoms with E-state index in [-0.39, 0.29) is 13.2 Å². The van der Waals surface area contributed by atoms with Crippen LogP contribution in [0, 0.1) is 5.92 Å². The molecule has 6 nitrogen and oxygen atoms in total. The summed E-state index contributed by atoms with van der Waals surface area (Å²) in [5.41, 5.74) is 0.782. The summed E-state index contributed by atoms with van der Waals surface area (Å²) in [6.45, 7) is 0.165. The molecule has 0 saturated heterocycles. The standard InChI is InChI=1S/C11H13O6P/c12-5-9(6-18(13,14)15)3-8-1-2-10-11(4-8)17-7-16-10/h1-2,4-5,9H,3,6-7H2,(H2,13,14,15). The Hall–Kier alpha value is -1.36. The van der Waals surface area contributed by atoms with E-state index in [2.05, 4.69) is 0 Å². The van der Waals surface area contributed by atoms with Crippen molar-refractivity contribution in [2.75, 3.05) is 13.0 Å². The number of carbonyl (C=O) groups excluding carboxylic acids is 1. The lowest BCUT2D eigenvalue weighted by molar-refractivity contribution is -0.110. The van der Waals surface area contributed by atoms with Crippen LogP contribution in [0.3, 0.4) is 0 Å². The minimum Gasteiger partial charge on any atom is -0.454 e. The average Bonchev–Trinajstić information content (AvgIpc) is 2.73. The van der Waals surface area contributed by atoms with Gasteiger partial charge in [-0.3, -0.25) is 4.57 Å². The molecule has 0 fully saturated rings. The van der Waals surface area contributed by atoms with Crippen LogP contribution in [0.4, 0.5) is 0 Å². The van der Waals surface area contributed by atoms with Gasteiger partial charge in [-0.2, -0.15) is 0 Å². The van der Waals surface area contributed by atoms with Crippen molar-refractivity contribution in [2.24, 2.45) is 5.92 Å². The molecule has 0 bridgehead atoms. The smallest absolute Gasteiger partial charge is 0.326 e. The molecule has 1 aliphatic rings. The second-order valence-corrected chi connectivity index (χ2v) is 5.83.